The van der Waals surface area contributed by atoms with E-state index in [1.807, 2.05) is 54.6 Å². The number of hydrogen-bond acceptors (Lipinski definition) is 5. The number of halogens is 1. The summed E-state index contributed by atoms with van der Waals surface area (Å²) in [6.07, 6.45) is 2.05. The summed E-state index contributed by atoms with van der Waals surface area (Å²) in [5.74, 6) is -1.56. The molecule has 1 unspecified atom stereocenters. The fourth-order valence-corrected chi connectivity index (χ4v) is 7.85. The quantitative estimate of drug-likeness (QED) is 0.0857. The number of rotatable bonds is 15. The van der Waals surface area contributed by atoms with Gasteiger partial charge in [0.1, 0.15) is 0 Å². The second kappa shape index (κ2) is 15.7. The lowest BCUT2D eigenvalue weighted by molar-refractivity contribution is 0.0697. The van der Waals surface area contributed by atoms with E-state index in [0.29, 0.717) is 36.9 Å². The number of para-hydroxylation sites is 2. The fraction of sp³-hybridized carbons (Fsp3) is 0.200. The van der Waals surface area contributed by atoms with Crippen LogP contribution in [0.25, 0.3) is 10.9 Å². The first-order valence-electron chi connectivity index (χ1n) is 15.0. The third-order valence-corrected chi connectivity index (χ3v) is 10.7. The molecule has 12 heteroatoms. The van der Waals surface area contributed by atoms with Crippen molar-refractivity contribution in [2.75, 3.05) is 21.7 Å². The third-order valence-electron chi connectivity index (χ3n) is 7.68. The molecule has 0 saturated heterocycles. The van der Waals surface area contributed by atoms with Crippen LogP contribution < -0.4 is 8.61 Å². The van der Waals surface area contributed by atoms with Gasteiger partial charge in [0, 0.05) is 28.6 Å². The predicted octanol–water partition coefficient (Wildman–Crippen LogP) is 7.24. The molecule has 1 aromatic heterocycles. The van der Waals surface area contributed by atoms with Crippen LogP contribution in [-0.4, -0.2) is 46.3 Å². The molecule has 0 aliphatic heterocycles. The third kappa shape index (κ3) is 9.04. The molecular formula is C35H34BrN3O6S2. The second-order valence-corrected chi connectivity index (χ2v) is 14.7. The standard InChI is InChI=1S/C35H34BrN3O6S2/c36-29-16-20-31(21-17-29)38(46(42)43)22-5-6-23-39(34-13-4-2-11-32(34)35(40)41)47(44,45)25-27-9-7-8-26(24-27)14-18-30-19-15-28-10-1-3-12-33(28)37-30/h1-4,7-13,15-17,19-21,24H,5-6,14,18,22-23,25H2,(H,40,41)(H,42,43). The first-order chi connectivity index (χ1) is 22.6. The summed E-state index contributed by atoms with van der Waals surface area (Å²) < 4.78 is 53.3. The van der Waals surface area contributed by atoms with E-state index in [9.17, 15) is 27.1 Å². The molecule has 47 heavy (non-hydrogen) atoms. The average molecular weight is 737 g/mol. The van der Waals surface area contributed by atoms with Gasteiger partial charge in [0.2, 0.25) is 10.0 Å². The molecule has 0 saturated carbocycles. The number of nitrogens with zero attached hydrogens (tertiary/aromatic N) is 3. The molecule has 0 amide bonds. The lowest BCUT2D eigenvalue weighted by atomic mass is 10.0. The minimum atomic E-state index is -4.04. The van der Waals surface area contributed by atoms with Crippen LogP contribution in [-0.2, 0) is 39.9 Å². The Morgan fingerprint density at radius 2 is 1.51 bits per heavy atom. The summed E-state index contributed by atoms with van der Waals surface area (Å²) in [5.41, 5.74) is 3.93. The molecule has 2 N–H and O–H groups in total. The number of aromatic carboxylic acids is 1. The Balaban J connectivity index is 1.31. The zero-order chi connectivity index (χ0) is 33.4. The van der Waals surface area contributed by atoms with Gasteiger partial charge in [0.05, 0.1) is 28.2 Å². The number of benzene rings is 4. The summed E-state index contributed by atoms with van der Waals surface area (Å²) >= 11 is 1.07. The van der Waals surface area contributed by atoms with Crippen LogP contribution >= 0.6 is 15.9 Å². The van der Waals surface area contributed by atoms with Crippen LogP contribution in [0.3, 0.4) is 0 Å². The normalized spacial score (nSPS) is 12.1. The molecule has 1 atom stereocenters. The van der Waals surface area contributed by atoms with Crippen LogP contribution in [0, 0.1) is 0 Å². The highest BCUT2D eigenvalue weighted by Gasteiger charge is 2.27. The largest absolute Gasteiger partial charge is 0.478 e. The number of carboxylic acids is 1. The molecule has 9 nitrogen and oxygen atoms in total. The Bertz CT molecular complexity index is 1990. The number of fused-ring (bicyclic) bond motifs is 1. The van der Waals surface area contributed by atoms with Crippen molar-refractivity contribution in [1.29, 1.82) is 0 Å². The Morgan fingerprint density at radius 1 is 0.809 bits per heavy atom. The number of aryl methyl sites for hydroxylation is 2. The summed E-state index contributed by atoms with van der Waals surface area (Å²) in [6.45, 7) is 0.180. The monoisotopic (exact) mass is 735 g/mol. The maximum atomic E-state index is 14.0. The van der Waals surface area contributed by atoms with Gasteiger partial charge < -0.3 is 5.11 Å². The first-order valence-corrected chi connectivity index (χ1v) is 18.5. The van der Waals surface area contributed by atoms with Gasteiger partial charge in [-0.15, -0.1) is 0 Å². The van der Waals surface area contributed by atoms with Gasteiger partial charge in [-0.3, -0.25) is 18.1 Å². The second-order valence-electron chi connectivity index (χ2n) is 11.0. The van der Waals surface area contributed by atoms with E-state index in [1.165, 1.54) is 16.4 Å². The summed E-state index contributed by atoms with van der Waals surface area (Å²) in [7, 11) is -4.04. The van der Waals surface area contributed by atoms with E-state index in [4.69, 9.17) is 4.98 Å². The Labute approximate surface area is 285 Å². The van der Waals surface area contributed by atoms with E-state index in [1.54, 1.807) is 42.5 Å². The van der Waals surface area contributed by atoms with E-state index >= 15 is 0 Å². The van der Waals surface area contributed by atoms with Crippen molar-refractivity contribution in [3.8, 4) is 0 Å². The zero-order valence-corrected chi connectivity index (χ0v) is 28.6. The number of anilines is 2. The number of pyridine rings is 1. The van der Waals surface area contributed by atoms with E-state index in [0.717, 1.165) is 30.9 Å². The van der Waals surface area contributed by atoms with Crippen LogP contribution in [0.15, 0.2) is 114 Å². The molecule has 1 heterocycles. The minimum absolute atomic E-state index is 0.00775. The van der Waals surface area contributed by atoms with Gasteiger partial charge >= 0.3 is 5.97 Å². The van der Waals surface area contributed by atoms with Crippen molar-refractivity contribution in [2.45, 2.75) is 31.4 Å². The maximum absolute atomic E-state index is 14.0. The number of carbonyl (C=O) groups is 1. The first kappa shape index (κ1) is 34.2. The Kier molecular flexibility index (Phi) is 11.4. The molecule has 0 fully saturated rings. The number of unbranched alkanes of at least 4 members (excludes halogenated alkanes) is 1. The van der Waals surface area contributed by atoms with Crippen molar-refractivity contribution in [3.05, 3.63) is 136 Å². The molecule has 5 aromatic rings. The maximum Gasteiger partial charge on any atom is 0.337 e. The molecule has 0 aliphatic carbocycles. The lowest BCUT2D eigenvalue weighted by Crippen LogP contribution is -2.35. The van der Waals surface area contributed by atoms with Crippen LogP contribution in [0.4, 0.5) is 11.4 Å². The molecule has 0 radical (unpaired) electrons. The van der Waals surface area contributed by atoms with E-state index in [-0.39, 0.29) is 30.1 Å². The fourth-order valence-electron chi connectivity index (χ4n) is 5.38. The smallest absolute Gasteiger partial charge is 0.337 e. The Morgan fingerprint density at radius 3 is 2.28 bits per heavy atom. The van der Waals surface area contributed by atoms with Crippen LogP contribution in [0.1, 0.15) is 40.0 Å². The SMILES string of the molecule is O=C(O)c1ccccc1N(CCCCN(c1ccc(Br)cc1)S(=O)O)S(=O)(=O)Cc1cccc(CCc2ccc3ccccc3n2)c1. The number of hydrogen-bond donors (Lipinski definition) is 2. The van der Waals surface area contributed by atoms with Gasteiger partial charge in [-0.05, 0) is 85.3 Å². The van der Waals surface area contributed by atoms with Gasteiger partial charge in [-0.1, -0.05) is 76.6 Å². The van der Waals surface area contributed by atoms with Crippen molar-refractivity contribution < 1.29 is 27.1 Å². The summed E-state index contributed by atoms with van der Waals surface area (Å²) in [5, 5.41) is 10.9. The average Bonchev–Trinajstić information content (AvgIpc) is 3.05. The summed E-state index contributed by atoms with van der Waals surface area (Å²) in [6, 6.07) is 32.4. The van der Waals surface area contributed by atoms with Crippen molar-refractivity contribution in [2.24, 2.45) is 0 Å². The Hall–Kier alpha value is -4.10. The molecule has 244 valence electrons. The topological polar surface area (TPSA) is 128 Å². The molecule has 5 rings (SSSR count). The van der Waals surface area contributed by atoms with Crippen molar-refractivity contribution in [3.63, 3.8) is 0 Å². The molecular weight excluding hydrogens is 702 g/mol. The van der Waals surface area contributed by atoms with Crippen molar-refractivity contribution in [1.82, 2.24) is 4.98 Å². The summed E-state index contributed by atoms with van der Waals surface area (Å²) in [4.78, 5) is 16.8. The molecule has 0 spiro atoms. The highest BCUT2D eigenvalue weighted by atomic mass is 79.9. The number of sulfonamides is 1. The molecule has 0 bridgehead atoms. The van der Waals surface area contributed by atoms with Crippen LogP contribution in [0.5, 0.6) is 0 Å². The zero-order valence-electron chi connectivity index (χ0n) is 25.4. The van der Waals surface area contributed by atoms with Gasteiger partial charge in [0.15, 0.2) is 0 Å². The predicted molar refractivity (Wildman–Crippen MR) is 190 cm³/mol. The van der Waals surface area contributed by atoms with E-state index < -0.39 is 27.3 Å². The lowest BCUT2D eigenvalue weighted by Gasteiger charge is -2.27. The van der Waals surface area contributed by atoms with Gasteiger partial charge in [-0.25, -0.2) is 17.4 Å². The number of carboxylic acid groups (broad SMARTS) is 1. The van der Waals surface area contributed by atoms with Gasteiger partial charge in [-0.2, -0.15) is 0 Å². The van der Waals surface area contributed by atoms with Crippen molar-refractivity contribution >= 4 is 65.5 Å². The highest BCUT2D eigenvalue weighted by Crippen LogP contribution is 2.27. The molecule has 4 aromatic carbocycles. The number of aromatic nitrogens is 1. The minimum Gasteiger partial charge on any atom is -0.478 e. The molecule has 0 aliphatic rings. The van der Waals surface area contributed by atoms with Crippen LogP contribution in [0.2, 0.25) is 0 Å². The highest BCUT2D eigenvalue weighted by molar-refractivity contribution is 9.10. The van der Waals surface area contributed by atoms with Gasteiger partial charge in [0.25, 0.3) is 11.3 Å². The van der Waals surface area contributed by atoms with E-state index in [2.05, 4.69) is 15.9 Å².